The van der Waals surface area contributed by atoms with E-state index in [1.54, 1.807) is 7.11 Å². The van der Waals surface area contributed by atoms with Crippen LogP contribution in [0.1, 0.15) is 23.6 Å². The molecule has 2 atom stereocenters. The highest BCUT2D eigenvalue weighted by Crippen LogP contribution is 2.18. The maximum Gasteiger partial charge on any atom is 0.147 e. The molecule has 7 heteroatoms. The van der Waals surface area contributed by atoms with Gasteiger partial charge in [-0.25, -0.2) is 9.67 Å². The van der Waals surface area contributed by atoms with E-state index in [0.717, 1.165) is 42.3 Å². The molecule has 25 heavy (non-hydrogen) atoms. The Morgan fingerprint density at radius 1 is 1.40 bits per heavy atom. The second-order valence-electron chi connectivity index (χ2n) is 6.38. The predicted molar refractivity (Wildman–Crippen MR) is 93.5 cm³/mol. The standard InChI is InChI=1S/C18H26N4O3/c1-13-20-18-8-7-15(10-22(18)21-13)19-9-16(23)12-25-11-14-5-3-4-6-17(14)24-2/h3-6,15-16,19,23H,7-12H2,1-2H3/t15-,16+/m1/s1. The van der Waals surface area contributed by atoms with Gasteiger partial charge in [0.25, 0.3) is 0 Å². The number of aryl methyl sites for hydroxylation is 2. The van der Waals surface area contributed by atoms with Crippen LogP contribution in [0, 0.1) is 6.92 Å². The molecule has 0 radical (unpaired) electrons. The largest absolute Gasteiger partial charge is 0.496 e. The Hall–Kier alpha value is -1.96. The minimum absolute atomic E-state index is 0.283. The molecule has 0 unspecified atom stereocenters. The lowest BCUT2D eigenvalue weighted by atomic mass is 10.1. The van der Waals surface area contributed by atoms with Crippen LogP contribution in [0.15, 0.2) is 24.3 Å². The smallest absolute Gasteiger partial charge is 0.147 e. The van der Waals surface area contributed by atoms with Crippen LogP contribution < -0.4 is 10.1 Å². The van der Waals surface area contributed by atoms with Crippen LogP contribution in [0.25, 0.3) is 0 Å². The third-order valence-electron chi connectivity index (χ3n) is 4.37. The molecule has 2 aromatic rings. The van der Waals surface area contributed by atoms with Crippen LogP contribution in [0.3, 0.4) is 0 Å². The van der Waals surface area contributed by atoms with E-state index in [4.69, 9.17) is 9.47 Å². The monoisotopic (exact) mass is 346 g/mol. The van der Waals surface area contributed by atoms with Crippen molar-refractivity contribution >= 4 is 0 Å². The minimum atomic E-state index is -0.548. The fourth-order valence-corrected chi connectivity index (χ4v) is 3.09. The summed E-state index contributed by atoms with van der Waals surface area (Å²) in [6.07, 6.45) is 1.37. The third-order valence-corrected chi connectivity index (χ3v) is 4.37. The molecule has 0 amide bonds. The van der Waals surface area contributed by atoms with Gasteiger partial charge in [0, 0.05) is 24.6 Å². The number of hydrogen-bond donors (Lipinski definition) is 2. The summed E-state index contributed by atoms with van der Waals surface area (Å²) in [5.41, 5.74) is 0.978. The van der Waals surface area contributed by atoms with E-state index in [1.165, 1.54) is 0 Å². The number of rotatable bonds is 8. The summed E-state index contributed by atoms with van der Waals surface area (Å²) in [6.45, 7) is 3.92. The predicted octanol–water partition coefficient (Wildman–Crippen LogP) is 1.08. The van der Waals surface area contributed by atoms with Crippen LogP contribution in [-0.2, 0) is 24.3 Å². The van der Waals surface area contributed by atoms with Crippen molar-refractivity contribution in [2.45, 2.75) is 45.1 Å². The number of aromatic nitrogens is 3. The molecule has 0 saturated heterocycles. The number of benzene rings is 1. The zero-order valence-electron chi connectivity index (χ0n) is 14.8. The Morgan fingerprint density at radius 3 is 3.08 bits per heavy atom. The Balaban J connectivity index is 1.38. The summed E-state index contributed by atoms with van der Waals surface area (Å²) >= 11 is 0. The van der Waals surface area contributed by atoms with Crippen molar-refractivity contribution in [1.29, 1.82) is 0 Å². The maximum absolute atomic E-state index is 10.1. The first-order valence-electron chi connectivity index (χ1n) is 8.67. The van der Waals surface area contributed by atoms with Crippen LogP contribution in [0.2, 0.25) is 0 Å². The molecule has 2 heterocycles. The zero-order chi connectivity index (χ0) is 17.6. The van der Waals surface area contributed by atoms with Crippen LogP contribution >= 0.6 is 0 Å². The minimum Gasteiger partial charge on any atom is -0.496 e. The average molecular weight is 346 g/mol. The van der Waals surface area contributed by atoms with Gasteiger partial charge in [0.2, 0.25) is 0 Å². The summed E-state index contributed by atoms with van der Waals surface area (Å²) in [4.78, 5) is 4.41. The SMILES string of the molecule is COc1ccccc1COC[C@@H](O)CN[C@@H]1CCc2nc(C)nn2C1. The topological polar surface area (TPSA) is 81.4 Å². The van der Waals surface area contributed by atoms with Crippen molar-refractivity contribution in [2.75, 3.05) is 20.3 Å². The second-order valence-corrected chi connectivity index (χ2v) is 6.38. The molecule has 1 aliphatic heterocycles. The molecule has 3 rings (SSSR count). The molecular formula is C18H26N4O3. The number of fused-ring (bicyclic) bond motifs is 1. The molecule has 2 N–H and O–H groups in total. The van der Waals surface area contributed by atoms with Gasteiger partial charge in [0.15, 0.2) is 0 Å². The number of hydrogen-bond acceptors (Lipinski definition) is 6. The average Bonchev–Trinajstić information content (AvgIpc) is 2.99. The lowest BCUT2D eigenvalue weighted by Crippen LogP contribution is -2.42. The molecule has 1 aromatic heterocycles. The van der Waals surface area contributed by atoms with E-state index in [9.17, 15) is 5.11 Å². The van der Waals surface area contributed by atoms with E-state index < -0.39 is 6.10 Å². The summed E-state index contributed by atoms with van der Waals surface area (Å²) in [5.74, 6) is 2.67. The molecule has 0 spiro atoms. The molecule has 1 aromatic carbocycles. The zero-order valence-corrected chi connectivity index (χ0v) is 14.8. The van der Waals surface area contributed by atoms with Gasteiger partial charge in [-0.1, -0.05) is 18.2 Å². The first-order valence-corrected chi connectivity index (χ1v) is 8.67. The van der Waals surface area contributed by atoms with Crippen LogP contribution in [0.4, 0.5) is 0 Å². The van der Waals surface area contributed by atoms with Crippen molar-refractivity contribution in [3.8, 4) is 5.75 Å². The highest BCUT2D eigenvalue weighted by atomic mass is 16.5. The van der Waals surface area contributed by atoms with Crippen LogP contribution in [-0.4, -0.2) is 52.3 Å². The number of aliphatic hydroxyl groups excluding tert-OH is 1. The Bertz CT molecular complexity index is 689. The number of nitrogens with one attached hydrogen (secondary N) is 1. The van der Waals surface area contributed by atoms with Crippen molar-refractivity contribution in [2.24, 2.45) is 0 Å². The number of nitrogens with zero attached hydrogens (tertiary/aromatic N) is 3. The molecule has 7 nitrogen and oxygen atoms in total. The quantitative estimate of drug-likeness (QED) is 0.744. The van der Waals surface area contributed by atoms with Gasteiger partial charge in [-0.2, -0.15) is 5.10 Å². The van der Waals surface area contributed by atoms with Crippen molar-refractivity contribution < 1.29 is 14.6 Å². The number of methoxy groups -OCH3 is 1. The van der Waals surface area contributed by atoms with Gasteiger partial charge < -0.3 is 19.9 Å². The van der Waals surface area contributed by atoms with E-state index in [1.807, 2.05) is 35.9 Å². The normalized spacial score (nSPS) is 18.0. The highest BCUT2D eigenvalue weighted by Gasteiger charge is 2.21. The van der Waals surface area contributed by atoms with E-state index in [-0.39, 0.29) is 6.61 Å². The van der Waals surface area contributed by atoms with Gasteiger partial charge in [-0.3, -0.25) is 0 Å². The lowest BCUT2D eigenvalue weighted by Gasteiger charge is -2.24. The number of aliphatic hydroxyl groups is 1. The Morgan fingerprint density at radius 2 is 2.24 bits per heavy atom. The summed E-state index contributed by atoms with van der Waals surface area (Å²) in [7, 11) is 1.64. The Kier molecular flexibility index (Phi) is 6.01. The molecular weight excluding hydrogens is 320 g/mol. The molecule has 0 bridgehead atoms. The Labute approximate surface area is 148 Å². The van der Waals surface area contributed by atoms with Gasteiger partial charge in [0.1, 0.15) is 17.4 Å². The lowest BCUT2D eigenvalue weighted by molar-refractivity contribution is 0.0263. The van der Waals surface area contributed by atoms with E-state index >= 15 is 0 Å². The molecule has 0 aliphatic carbocycles. The van der Waals surface area contributed by atoms with Crippen LogP contribution in [0.5, 0.6) is 5.75 Å². The highest BCUT2D eigenvalue weighted by molar-refractivity contribution is 5.32. The van der Waals surface area contributed by atoms with Gasteiger partial charge in [-0.05, 0) is 19.4 Å². The molecule has 1 aliphatic rings. The van der Waals surface area contributed by atoms with Gasteiger partial charge in [0.05, 0.1) is 33.0 Å². The fraction of sp³-hybridized carbons (Fsp3) is 0.556. The second kappa shape index (κ2) is 8.42. The van der Waals surface area contributed by atoms with E-state index in [0.29, 0.717) is 19.2 Å². The molecule has 0 saturated carbocycles. The maximum atomic E-state index is 10.1. The fourth-order valence-electron chi connectivity index (χ4n) is 3.09. The van der Waals surface area contributed by atoms with Crippen molar-refractivity contribution in [3.05, 3.63) is 41.5 Å². The number of para-hydroxylation sites is 1. The van der Waals surface area contributed by atoms with Crippen molar-refractivity contribution in [1.82, 2.24) is 20.1 Å². The molecule has 0 fully saturated rings. The first kappa shape index (κ1) is 17.8. The van der Waals surface area contributed by atoms with Crippen molar-refractivity contribution in [3.63, 3.8) is 0 Å². The van der Waals surface area contributed by atoms with E-state index in [2.05, 4.69) is 15.4 Å². The number of ether oxygens (including phenoxy) is 2. The summed E-state index contributed by atoms with van der Waals surface area (Å²) in [6, 6.07) is 8.04. The molecule has 136 valence electrons. The summed E-state index contributed by atoms with van der Waals surface area (Å²) < 4.78 is 12.9. The van der Waals surface area contributed by atoms with Gasteiger partial charge in [-0.15, -0.1) is 0 Å². The van der Waals surface area contributed by atoms with Gasteiger partial charge >= 0.3 is 0 Å². The third kappa shape index (κ3) is 4.78. The summed E-state index contributed by atoms with van der Waals surface area (Å²) in [5, 5.41) is 17.9. The first-order chi connectivity index (χ1) is 12.2.